The molecule has 0 radical (unpaired) electrons. The van der Waals surface area contributed by atoms with Gasteiger partial charge in [0.1, 0.15) is 0 Å². The van der Waals surface area contributed by atoms with Gasteiger partial charge in [-0.05, 0) is 5.56 Å². The van der Waals surface area contributed by atoms with E-state index in [0.717, 1.165) is 0 Å². The van der Waals surface area contributed by atoms with Crippen LogP contribution in [0.3, 0.4) is 0 Å². The zero-order valence-electron chi connectivity index (χ0n) is 9.44. The number of alkyl halides is 3. The standard InChI is InChI=1S/C10H9F3N2O4/c11-10(12,13)6-19-9(16)14-5-7-2-1-3-8(4-7)15(17)18/h1-4H,5-6H2,(H,14,16). The summed E-state index contributed by atoms with van der Waals surface area (Å²) < 4.78 is 39.1. The van der Waals surface area contributed by atoms with Gasteiger partial charge in [-0.1, -0.05) is 12.1 Å². The quantitative estimate of drug-likeness (QED) is 0.677. The van der Waals surface area contributed by atoms with Gasteiger partial charge in [0.2, 0.25) is 0 Å². The third-order valence-electron chi connectivity index (χ3n) is 1.93. The fraction of sp³-hybridized carbons (Fsp3) is 0.300. The molecule has 1 rings (SSSR count). The van der Waals surface area contributed by atoms with Crippen LogP contribution >= 0.6 is 0 Å². The number of ether oxygens (including phenoxy) is 1. The molecule has 1 aromatic carbocycles. The molecule has 1 amide bonds. The lowest BCUT2D eigenvalue weighted by molar-refractivity contribution is -0.384. The zero-order chi connectivity index (χ0) is 14.5. The Bertz CT molecular complexity index is 476. The van der Waals surface area contributed by atoms with Crippen molar-refractivity contribution in [2.24, 2.45) is 0 Å². The molecule has 0 aliphatic heterocycles. The van der Waals surface area contributed by atoms with E-state index in [-0.39, 0.29) is 12.2 Å². The number of nitro benzene ring substituents is 1. The summed E-state index contributed by atoms with van der Waals surface area (Å²) in [6, 6.07) is 5.34. The number of nitro groups is 1. The first kappa shape index (κ1) is 14.7. The van der Waals surface area contributed by atoms with Crippen LogP contribution in [0.25, 0.3) is 0 Å². The van der Waals surface area contributed by atoms with E-state index in [4.69, 9.17) is 0 Å². The summed E-state index contributed by atoms with van der Waals surface area (Å²) in [7, 11) is 0. The molecular weight excluding hydrogens is 269 g/mol. The maximum absolute atomic E-state index is 11.7. The number of carbonyl (C=O) groups excluding carboxylic acids is 1. The number of amides is 1. The summed E-state index contributed by atoms with van der Waals surface area (Å²) in [5.74, 6) is 0. The monoisotopic (exact) mass is 278 g/mol. The molecule has 0 aromatic heterocycles. The fourth-order valence-corrected chi connectivity index (χ4v) is 1.15. The van der Waals surface area contributed by atoms with E-state index in [0.29, 0.717) is 5.56 Å². The Morgan fingerprint density at radius 1 is 1.42 bits per heavy atom. The van der Waals surface area contributed by atoms with Gasteiger partial charge >= 0.3 is 12.3 Å². The van der Waals surface area contributed by atoms with E-state index in [9.17, 15) is 28.1 Å². The number of halogens is 3. The lowest BCUT2D eigenvalue weighted by atomic mass is 10.2. The predicted molar refractivity (Wildman–Crippen MR) is 57.3 cm³/mol. The number of hydrogen-bond donors (Lipinski definition) is 1. The number of rotatable bonds is 4. The normalized spacial score (nSPS) is 10.9. The second kappa shape index (κ2) is 6.03. The number of nitrogens with zero attached hydrogens (tertiary/aromatic N) is 1. The van der Waals surface area contributed by atoms with Gasteiger partial charge in [0.25, 0.3) is 5.69 Å². The summed E-state index contributed by atoms with van der Waals surface area (Å²) in [6.07, 6.45) is -5.84. The highest BCUT2D eigenvalue weighted by molar-refractivity contribution is 5.67. The van der Waals surface area contributed by atoms with E-state index in [2.05, 4.69) is 10.1 Å². The molecule has 0 aliphatic carbocycles. The van der Waals surface area contributed by atoms with Crippen LogP contribution in [0.2, 0.25) is 0 Å². The summed E-state index contributed by atoms with van der Waals surface area (Å²) in [5, 5.41) is 12.5. The van der Waals surface area contributed by atoms with Crippen LogP contribution in [-0.4, -0.2) is 23.8 Å². The van der Waals surface area contributed by atoms with Gasteiger partial charge in [-0.2, -0.15) is 13.2 Å². The number of benzene rings is 1. The van der Waals surface area contributed by atoms with Crippen molar-refractivity contribution in [3.8, 4) is 0 Å². The molecule has 0 fully saturated rings. The van der Waals surface area contributed by atoms with Gasteiger partial charge in [-0.3, -0.25) is 10.1 Å². The Kier molecular flexibility index (Phi) is 4.67. The third-order valence-corrected chi connectivity index (χ3v) is 1.93. The highest BCUT2D eigenvalue weighted by atomic mass is 19.4. The first-order valence-electron chi connectivity index (χ1n) is 4.98. The first-order chi connectivity index (χ1) is 8.78. The van der Waals surface area contributed by atoms with Crippen molar-refractivity contribution in [2.75, 3.05) is 6.61 Å². The van der Waals surface area contributed by atoms with Gasteiger partial charge in [-0.15, -0.1) is 0 Å². The molecule has 0 saturated heterocycles. The molecule has 19 heavy (non-hydrogen) atoms. The molecule has 6 nitrogen and oxygen atoms in total. The zero-order valence-corrected chi connectivity index (χ0v) is 9.44. The van der Waals surface area contributed by atoms with Crippen LogP contribution in [0.4, 0.5) is 23.7 Å². The number of nitrogens with one attached hydrogen (secondary N) is 1. The molecule has 0 saturated carbocycles. The van der Waals surface area contributed by atoms with Crippen molar-refractivity contribution in [2.45, 2.75) is 12.7 Å². The van der Waals surface area contributed by atoms with Crippen LogP contribution in [0.5, 0.6) is 0 Å². The Balaban J connectivity index is 2.46. The van der Waals surface area contributed by atoms with Crippen molar-refractivity contribution in [1.82, 2.24) is 5.32 Å². The van der Waals surface area contributed by atoms with E-state index >= 15 is 0 Å². The van der Waals surface area contributed by atoms with Crippen LogP contribution in [0.1, 0.15) is 5.56 Å². The Morgan fingerprint density at radius 3 is 2.68 bits per heavy atom. The van der Waals surface area contributed by atoms with Gasteiger partial charge in [-0.25, -0.2) is 4.79 Å². The van der Waals surface area contributed by atoms with Crippen molar-refractivity contribution in [3.63, 3.8) is 0 Å². The van der Waals surface area contributed by atoms with Gasteiger partial charge in [0.05, 0.1) is 4.92 Å². The van der Waals surface area contributed by atoms with Gasteiger partial charge < -0.3 is 10.1 Å². The minimum absolute atomic E-state index is 0.168. The second-order valence-electron chi connectivity index (χ2n) is 3.47. The molecule has 0 spiro atoms. The number of hydrogen-bond acceptors (Lipinski definition) is 4. The molecule has 104 valence electrons. The van der Waals surface area contributed by atoms with Crippen LogP contribution in [0, 0.1) is 10.1 Å². The first-order valence-corrected chi connectivity index (χ1v) is 4.98. The summed E-state index contributed by atoms with van der Waals surface area (Å²) in [6.45, 7) is -1.86. The van der Waals surface area contributed by atoms with Crippen molar-refractivity contribution >= 4 is 11.8 Å². The van der Waals surface area contributed by atoms with Crippen molar-refractivity contribution < 1.29 is 27.6 Å². The Hall–Kier alpha value is -2.32. The molecule has 1 N–H and O–H groups in total. The smallest absolute Gasteiger partial charge is 0.422 e. The topological polar surface area (TPSA) is 81.5 Å². The van der Waals surface area contributed by atoms with E-state index < -0.39 is 23.8 Å². The lowest BCUT2D eigenvalue weighted by Gasteiger charge is -2.09. The Labute approximate surface area is 105 Å². The predicted octanol–water partition coefficient (Wildman–Crippen LogP) is 2.38. The maximum Gasteiger partial charge on any atom is 0.422 e. The number of alkyl carbamates (subject to hydrolysis) is 1. The maximum atomic E-state index is 11.7. The molecule has 9 heteroatoms. The summed E-state index contributed by atoms with van der Waals surface area (Å²) in [5.41, 5.74) is 0.195. The molecule has 0 unspecified atom stereocenters. The van der Waals surface area contributed by atoms with Gasteiger partial charge in [0, 0.05) is 18.7 Å². The SMILES string of the molecule is O=C(NCc1cccc([N+](=O)[O-])c1)OCC(F)(F)F. The highest BCUT2D eigenvalue weighted by Gasteiger charge is 2.29. The van der Waals surface area contributed by atoms with Crippen LogP contribution in [0.15, 0.2) is 24.3 Å². The molecule has 0 atom stereocenters. The fourth-order valence-electron chi connectivity index (χ4n) is 1.15. The number of carbonyl (C=O) groups is 1. The van der Waals surface area contributed by atoms with Gasteiger partial charge in [0.15, 0.2) is 6.61 Å². The van der Waals surface area contributed by atoms with E-state index in [1.165, 1.54) is 24.3 Å². The number of non-ortho nitro benzene ring substituents is 1. The third kappa shape index (κ3) is 5.70. The average Bonchev–Trinajstić information content (AvgIpc) is 2.33. The van der Waals surface area contributed by atoms with E-state index in [1.54, 1.807) is 0 Å². The molecule has 1 aromatic rings. The molecule has 0 heterocycles. The summed E-state index contributed by atoms with van der Waals surface area (Å²) >= 11 is 0. The van der Waals surface area contributed by atoms with Crippen LogP contribution in [-0.2, 0) is 11.3 Å². The highest BCUT2D eigenvalue weighted by Crippen LogP contribution is 2.15. The summed E-state index contributed by atoms with van der Waals surface area (Å²) in [4.78, 5) is 20.8. The molecule has 0 bridgehead atoms. The van der Waals surface area contributed by atoms with Crippen LogP contribution < -0.4 is 5.32 Å². The minimum Gasteiger partial charge on any atom is -0.440 e. The lowest BCUT2D eigenvalue weighted by Crippen LogP contribution is -2.28. The Morgan fingerprint density at radius 2 is 2.11 bits per heavy atom. The van der Waals surface area contributed by atoms with Crippen molar-refractivity contribution in [3.05, 3.63) is 39.9 Å². The molecular formula is C10H9F3N2O4. The second-order valence-corrected chi connectivity index (χ2v) is 3.47. The molecule has 0 aliphatic rings. The van der Waals surface area contributed by atoms with Crippen molar-refractivity contribution in [1.29, 1.82) is 0 Å². The minimum atomic E-state index is -4.59. The average molecular weight is 278 g/mol. The largest absolute Gasteiger partial charge is 0.440 e. The van der Waals surface area contributed by atoms with E-state index in [1.807, 2.05) is 0 Å².